The molecule has 0 spiro atoms. The van der Waals surface area contributed by atoms with Gasteiger partial charge in [-0.3, -0.25) is 20.5 Å². The van der Waals surface area contributed by atoms with Crippen LogP contribution in [0.3, 0.4) is 0 Å². The molecule has 1 N–H and O–H groups in total. The van der Waals surface area contributed by atoms with Crippen LogP contribution in [0.15, 0.2) is 65.9 Å². The summed E-state index contributed by atoms with van der Waals surface area (Å²) in [5.74, 6) is 0. The summed E-state index contributed by atoms with van der Waals surface area (Å²) in [6.45, 7) is 0. The number of non-ortho nitro benzene ring substituents is 1. The Hall–Kier alpha value is -3.28. The first-order valence-corrected chi connectivity index (χ1v) is 6.61. The SMILES string of the molecule is O=[N+]([O-])c1ccc(NN=Cc2ccc3ncccc3c2)cc1. The van der Waals surface area contributed by atoms with Gasteiger partial charge in [-0.25, -0.2) is 0 Å². The molecule has 1 heterocycles. The van der Waals surface area contributed by atoms with Gasteiger partial charge < -0.3 is 0 Å². The molecule has 0 amide bonds. The van der Waals surface area contributed by atoms with Crippen LogP contribution in [0, 0.1) is 10.1 Å². The Morgan fingerprint density at radius 1 is 1.14 bits per heavy atom. The van der Waals surface area contributed by atoms with Gasteiger partial charge in [0.2, 0.25) is 0 Å². The summed E-state index contributed by atoms with van der Waals surface area (Å²) in [4.78, 5) is 14.4. The van der Waals surface area contributed by atoms with E-state index in [-0.39, 0.29) is 5.69 Å². The van der Waals surface area contributed by atoms with Crippen LogP contribution in [0.2, 0.25) is 0 Å². The second-order valence-electron chi connectivity index (χ2n) is 4.63. The number of hydrogen-bond acceptors (Lipinski definition) is 5. The molecular weight excluding hydrogens is 280 g/mol. The van der Waals surface area contributed by atoms with Crippen molar-refractivity contribution in [3.8, 4) is 0 Å². The van der Waals surface area contributed by atoms with Gasteiger partial charge in [0.15, 0.2) is 0 Å². The van der Waals surface area contributed by atoms with Crippen LogP contribution in [-0.2, 0) is 0 Å². The van der Waals surface area contributed by atoms with Crippen molar-refractivity contribution in [2.45, 2.75) is 0 Å². The molecule has 6 heteroatoms. The maximum absolute atomic E-state index is 10.6. The number of fused-ring (bicyclic) bond motifs is 1. The Labute approximate surface area is 126 Å². The van der Waals surface area contributed by atoms with Crippen LogP contribution < -0.4 is 5.43 Å². The van der Waals surface area contributed by atoms with Gasteiger partial charge in [-0.05, 0) is 35.9 Å². The molecule has 0 atom stereocenters. The second-order valence-corrected chi connectivity index (χ2v) is 4.63. The number of hydrazone groups is 1. The van der Waals surface area contributed by atoms with Gasteiger partial charge in [-0.1, -0.05) is 12.1 Å². The zero-order valence-corrected chi connectivity index (χ0v) is 11.5. The first kappa shape index (κ1) is 13.7. The number of nitro groups is 1. The summed E-state index contributed by atoms with van der Waals surface area (Å²) in [6.07, 6.45) is 3.44. The molecule has 1 aromatic heterocycles. The molecule has 3 rings (SSSR count). The van der Waals surface area contributed by atoms with Crippen LogP contribution in [0.25, 0.3) is 10.9 Å². The molecule has 2 aromatic carbocycles. The van der Waals surface area contributed by atoms with Crippen molar-refractivity contribution in [2.24, 2.45) is 5.10 Å². The predicted molar refractivity (Wildman–Crippen MR) is 86.1 cm³/mol. The van der Waals surface area contributed by atoms with E-state index in [1.807, 2.05) is 30.3 Å². The molecule has 0 bridgehead atoms. The average Bonchev–Trinajstić information content (AvgIpc) is 2.55. The highest BCUT2D eigenvalue weighted by Crippen LogP contribution is 2.15. The van der Waals surface area contributed by atoms with Gasteiger partial charge in [0.1, 0.15) is 0 Å². The first-order valence-electron chi connectivity index (χ1n) is 6.61. The predicted octanol–water partition coefficient (Wildman–Crippen LogP) is 3.59. The van der Waals surface area contributed by atoms with Crippen molar-refractivity contribution in [2.75, 3.05) is 5.43 Å². The summed E-state index contributed by atoms with van der Waals surface area (Å²) < 4.78 is 0. The quantitative estimate of drug-likeness (QED) is 0.452. The third-order valence-electron chi connectivity index (χ3n) is 3.11. The van der Waals surface area contributed by atoms with Crippen molar-refractivity contribution in [3.63, 3.8) is 0 Å². The molecule has 0 saturated heterocycles. The van der Waals surface area contributed by atoms with Crippen LogP contribution in [0.5, 0.6) is 0 Å². The second kappa shape index (κ2) is 6.01. The summed E-state index contributed by atoms with van der Waals surface area (Å²) in [5.41, 5.74) is 5.45. The van der Waals surface area contributed by atoms with Gasteiger partial charge in [0.05, 0.1) is 22.3 Å². The number of nitro benzene ring substituents is 1. The van der Waals surface area contributed by atoms with Gasteiger partial charge in [-0.2, -0.15) is 5.10 Å². The Morgan fingerprint density at radius 2 is 1.95 bits per heavy atom. The standard InChI is InChI=1S/C16H12N4O2/c21-20(22)15-6-4-14(5-7-15)19-18-11-12-3-8-16-13(10-12)2-1-9-17-16/h1-11,19H. The lowest BCUT2D eigenvalue weighted by Gasteiger charge is -2.00. The minimum absolute atomic E-state index is 0.0524. The highest BCUT2D eigenvalue weighted by atomic mass is 16.6. The van der Waals surface area contributed by atoms with E-state index in [4.69, 9.17) is 0 Å². The average molecular weight is 292 g/mol. The van der Waals surface area contributed by atoms with Crippen molar-refractivity contribution < 1.29 is 4.92 Å². The Morgan fingerprint density at radius 3 is 2.73 bits per heavy atom. The zero-order valence-electron chi connectivity index (χ0n) is 11.5. The summed E-state index contributed by atoms with van der Waals surface area (Å²) in [6, 6.07) is 15.8. The molecule has 0 aliphatic heterocycles. The number of anilines is 1. The van der Waals surface area contributed by atoms with Crippen molar-refractivity contribution in [1.82, 2.24) is 4.98 Å². The molecule has 0 fully saturated rings. The minimum Gasteiger partial charge on any atom is -0.278 e. The van der Waals surface area contributed by atoms with E-state index in [1.54, 1.807) is 24.5 Å². The van der Waals surface area contributed by atoms with Gasteiger partial charge in [0, 0.05) is 23.7 Å². The molecule has 0 unspecified atom stereocenters. The van der Waals surface area contributed by atoms with E-state index < -0.39 is 4.92 Å². The van der Waals surface area contributed by atoms with Gasteiger partial charge in [-0.15, -0.1) is 0 Å². The molecule has 0 saturated carbocycles. The lowest BCUT2D eigenvalue weighted by Crippen LogP contribution is -1.92. The molecule has 22 heavy (non-hydrogen) atoms. The smallest absolute Gasteiger partial charge is 0.269 e. The van der Waals surface area contributed by atoms with Gasteiger partial charge >= 0.3 is 0 Å². The third kappa shape index (κ3) is 3.06. The molecule has 6 nitrogen and oxygen atoms in total. The largest absolute Gasteiger partial charge is 0.278 e. The monoisotopic (exact) mass is 292 g/mol. The van der Waals surface area contributed by atoms with Crippen LogP contribution in [0.4, 0.5) is 11.4 Å². The van der Waals surface area contributed by atoms with Crippen LogP contribution in [-0.4, -0.2) is 16.1 Å². The normalized spacial score (nSPS) is 10.9. The molecule has 0 radical (unpaired) electrons. The molecule has 3 aromatic rings. The van der Waals surface area contributed by atoms with Gasteiger partial charge in [0.25, 0.3) is 5.69 Å². The van der Waals surface area contributed by atoms with Crippen molar-refractivity contribution in [1.29, 1.82) is 0 Å². The summed E-state index contributed by atoms with van der Waals surface area (Å²) >= 11 is 0. The first-order chi connectivity index (χ1) is 10.7. The highest BCUT2D eigenvalue weighted by molar-refractivity contribution is 5.88. The summed E-state index contributed by atoms with van der Waals surface area (Å²) in [7, 11) is 0. The highest BCUT2D eigenvalue weighted by Gasteiger charge is 2.02. The summed E-state index contributed by atoms with van der Waals surface area (Å²) in [5, 5.41) is 15.7. The molecular formula is C16H12N4O2. The Kier molecular flexibility index (Phi) is 3.74. The number of rotatable bonds is 4. The van der Waals surface area contributed by atoms with Crippen molar-refractivity contribution in [3.05, 3.63) is 76.5 Å². The zero-order chi connectivity index (χ0) is 15.4. The van der Waals surface area contributed by atoms with E-state index in [2.05, 4.69) is 15.5 Å². The maximum Gasteiger partial charge on any atom is 0.269 e. The fourth-order valence-corrected chi connectivity index (χ4v) is 2.01. The molecule has 108 valence electrons. The maximum atomic E-state index is 10.6. The number of aromatic nitrogens is 1. The molecule has 0 aliphatic rings. The lowest BCUT2D eigenvalue weighted by molar-refractivity contribution is -0.384. The Bertz CT molecular complexity index is 844. The fourth-order valence-electron chi connectivity index (χ4n) is 2.01. The van der Waals surface area contributed by atoms with E-state index >= 15 is 0 Å². The Balaban J connectivity index is 1.71. The van der Waals surface area contributed by atoms with E-state index in [9.17, 15) is 10.1 Å². The van der Waals surface area contributed by atoms with Crippen LogP contribution >= 0.6 is 0 Å². The number of nitrogens with zero attached hydrogens (tertiary/aromatic N) is 3. The fraction of sp³-hybridized carbons (Fsp3) is 0. The molecule has 0 aliphatic carbocycles. The van der Waals surface area contributed by atoms with Crippen molar-refractivity contribution >= 4 is 28.5 Å². The van der Waals surface area contributed by atoms with E-state index in [0.717, 1.165) is 16.5 Å². The minimum atomic E-state index is -0.434. The number of hydrogen-bond donors (Lipinski definition) is 1. The van der Waals surface area contributed by atoms with Crippen LogP contribution in [0.1, 0.15) is 5.56 Å². The number of nitrogens with one attached hydrogen (secondary N) is 1. The van der Waals surface area contributed by atoms with E-state index in [1.165, 1.54) is 12.1 Å². The third-order valence-corrected chi connectivity index (χ3v) is 3.11. The van der Waals surface area contributed by atoms with E-state index in [0.29, 0.717) is 5.69 Å². The lowest BCUT2D eigenvalue weighted by atomic mass is 10.1. The topological polar surface area (TPSA) is 80.4 Å². The number of pyridine rings is 1. The number of benzene rings is 2.